The maximum absolute atomic E-state index is 13.8. The molecule has 0 fully saturated rings. The van der Waals surface area contributed by atoms with E-state index < -0.39 is 11.7 Å². The average Bonchev–Trinajstić information content (AvgIpc) is 2.30. The summed E-state index contributed by atoms with van der Waals surface area (Å²) in [6.45, 7) is 0. The topological polar surface area (TPSA) is 43.1 Å². The molecule has 0 bridgehead atoms. The quantitative estimate of drug-likeness (QED) is 0.889. The molecule has 0 saturated carbocycles. The van der Waals surface area contributed by atoms with Crippen molar-refractivity contribution in [1.29, 1.82) is 0 Å². The lowest BCUT2D eigenvalue weighted by Gasteiger charge is -2.07. The van der Waals surface area contributed by atoms with Crippen LogP contribution in [0.2, 0.25) is 5.02 Å². The molecule has 0 aromatic heterocycles. The van der Waals surface area contributed by atoms with Gasteiger partial charge in [0.2, 0.25) is 5.91 Å². The lowest BCUT2D eigenvalue weighted by molar-refractivity contribution is 0.0999. The number of halogens is 3. The SMILES string of the molecule is NC(=O)c1cc(-c2ccc(Cl)cc2F)ccc1Br. The van der Waals surface area contributed by atoms with Crippen molar-refractivity contribution < 1.29 is 9.18 Å². The maximum Gasteiger partial charge on any atom is 0.249 e. The van der Waals surface area contributed by atoms with Gasteiger partial charge in [-0.3, -0.25) is 4.79 Å². The van der Waals surface area contributed by atoms with Crippen molar-refractivity contribution in [3.8, 4) is 11.1 Å². The first-order valence-electron chi connectivity index (χ1n) is 5.04. The fourth-order valence-corrected chi connectivity index (χ4v) is 2.21. The van der Waals surface area contributed by atoms with Crippen molar-refractivity contribution in [2.45, 2.75) is 0 Å². The highest BCUT2D eigenvalue weighted by atomic mass is 79.9. The molecule has 0 saturated heterocycles. The van der Waals surface area contributed by atoms with E-state index in [9.17, 15) is 9.18 Å². The molecule has 2 aromatic rings. The normalized spacial score (nSPS) is 10.4. The van der Waals surface area contributed by atoms with Crippen molar-refractivity contribution in [3.63, 3.8) is 0 Å². The van der Waals surface area contributed by atoms with Gasteiger partial charge in [0.05, 0.1) is 5.56 Å². The molecule has 5 heteroatoms. The van der Waals surface area contributed by atoms with Crippen LogP contribution in [0, 0.1) is 5.82 Å². The summed E-state index contributed by atoms with van der Waals surface area (Å²) in [7, 11) is 0. The fraction of sp³-hybridized carbons (Fsp3) is 0. The van der Waals surface area contributed by atoms with Crippen LogP contribution in [0.3, 0.4) is 0 Å². The van der Waals surface area contributed by atoms with Crippen LogP contribution >= 0.6 is 27.5 Å². The lowest BCUT2D eigenvalue weighted by Crippen LogP contribution is -2.11. The third-order valence-corrected chi connectivity index (χ3v) is 3.40. The first kappa shape index (κ1) is 13.1. The first-order chi connectivity index (χ1) is 8.49. The molecule has 2 aromatic carbocycles. The van der Waals surface area contributed by atoms with Crippen LogP contribution in [0.5, 0.6) is 0 Å². The number of primary amides is 1. The van der Waals surface area contributed by atoms with Gasteiger partial charge in [-0.05, 0) is 51.8 Å². The number of hydrogen-bond acceptors (Lipinski definition) is 1. The van der Waals surface area contributed by atoms with Crippen LogP contribution in [0.15, 0.2) is 40.9 Å². The molecular formula is C13H8BrClFNO. The molecule has 1 amide bonds. The molecule has 0 aliphatic carbocycles. The number of rotatable bonds is 2. The average molecular weight is 329 g/mol. The Labute approximate surface area is 117 Å². The Kier molecular flexibility index (Phi) is 3.68. The molecule has 0 heterocycles. The third kappa shape index (κ3) is 2.54. The number of carbonyl (C=O) groups excluding carboxylic acids is 1. The predicted molar refractivity (Wildman–Crippen MR) is 73.1 cm³/mol. The maximum atomic E-state index is 13.8. The molecule has 0 radical (unpaired) electrons. The molecule has 2 nitrogen and oxygen atoms in total. The first-order valence-corrected chi connectivity index (χ1v) is 6.21. The summed E-state index contributed by atoms with van der Waals surface area (Å²) in [4.78, 5) is 11.2. The molecule has 0 aliphatic heterocycles. The highest BCUT2D eigenvalue weighted by Crippen LogP contribution is 2.28. The van der Waals surface area contributed by atoms with Crippen LogP contribution in [-0.4, -0.2) is 5.91 Å². The zero-order chi connectivity index (χ0) is 13.3. The van der Waals surface area contributed by atoms with Gasteiger partial charge < -0.3 is 5.73 Å². The largest absolute Gasteiger partial charge is 0.366 e. The van der Waals surface area contributed by atoms with E-state index in [2.05, 4.69) is 15.9 Å². The molecule has 0 unspecified atom stereocenters. The van der Waals surface area contributed by atoms with Crippen LogP contribution < -0.4 is 5.73 Å². The number of carbonyl (C=O) groups is 1. The highest BCUT2D eigenvalue weighted by Gasteiger charge is 2.11. The van der Waals surface area contributed by atoms with Crippen molar-refractivity contribution in [1.82, 2.24) is 0 Å². The number of nitrogens with two attached hydrogens (primary N) is 1. The van der Waals surface area contributed by atoms with Crippen LogP contribution in [0.4, 0.5) is 4.39 Å². The molecular weight excluding hydrogens is 321 g/mol. The van der Waals surface area contributed by atoms with E-state index in [4.69, 9.17) is 17.3 Å². The molecule has 92 valence electrons. The summed E-state index contributed by atoms with van der Waals surface area (Å²) >= 11 is 8.91. The Balaban J connectivity index is 2.58. The van der Waals surface area contributed by atoms with Gasteiger partial charge in [-0.1, -0.05) is 17.7 Å². The second-order valence-electron chi connectivity index (χ2n) is 3.68. The van der Waals surface area contributed by atoms with Gasteiger partial charge in [-0.15, -0.1) is 0 Å². The molecule has 2 N–H and O–H groups in total. The smallest absolute Gasteiger partial charge is 0.249 e. The van der Waals surface area contributed by atoms with E-state index in [1.165, 1.54) is 6.07 Å². The summed E-state index contributed by atoms with van der Waals surface area (Å²) in [6.07, 6.45) is 0. The monoisotopic (exact) mass is 327 g/mol. The molecule has 0 aliphatic rings. The highest BCUT2D eigenvalue weighted by molar-refractivity contribution is 9.10. The van der Waals surface area contributed by atoms with Gasteiger partial charge in [-0.2, -0.15) is 0 Å². The van der Waals surface area contributed by atoms with Gasteiger partial charge in [0.25, 0.3) is 0 Å². The molecule has 0 spiro atoms. The van der Waals surface area contributed by atoms with Gasteiger partial charge in [-0.25, -0.2) is 4.39 Å². The Morgan fingerprint density at radius 1 is 1.22 bits per heavy atom. The van der Waals surface area contributed by atoms with E-state index in [1.54, 1.807) is 30.3 Å². The van der Waals surface area contributed by atoms with Crippen LogP contribution in [0.1, 0.15) is 10.4 Å². The van der Waals surface area contributed by atoms with Gasteiger partial charge >= 0.3 is 0 Å². The fourth-order valence-electron chi connectivity index (χ4n) is 1.61. The Morgan fingerprint density at radius 3 is 2.56 bits per heavy atom. The second kappa shape index (κ2) is 5.08. The Morgan fingerprint density at radius 2 is 1.94 bits per heavy atom. The minimum Gasteiger partial charge on any atom is -0.366 e. The minimum absolute atomic E-state index is 0.307. The van der Waals surface area contributed by atoms with Crippen LogP contribution in [0.25, 0.3) is 11.1 Å². The van der Waals surface area contributed by atoms with E-state index in [0.717, 1.165) is 0 Å². The van der Waals surface area contributed by atoms with Crippen molar-refractivity contribution in [2.75, 3.05) is 0 Å². The minimum atomic E-state index is -0.571. The van der Waals surface area contributed by atoms with E-state index in [-0.39, 0.29) is 0 Å². The van der Waals surface area contributed by atoms with Gasteiger partial charge in [0.1, 0.15) is 5.82 Å². The van der Waals surface area contributed by atoms with Crippen LogP contribution in [-0.2, 0) is 0 Å². The molecule has 0 atom stereocenters. The summed E-state index contributed by atoms with van der Waals surface area (Å²) in [5.74, 6) is -1.02. The summed E-state index contributed by atoms with van der Waals surface area (Å²) in [5.41, 5.74) is 6.49. The Hall–Kier alpha value is -1.39. The van der Waals surface area contributed by atoms with E-state index >= 15 is 0 Å². The summed E-state index contributed by atoms with van der Waals surface area (Å²) in [5, 5.41) is 0.323. The van der Waals surface area contributed by atoms with Gasteiger partial charge in [0.15, 0.2) is 0 Å². The number of benzene rings is 2. The van der Waals surface area contributed by atoms with Gasteiger partial charge in [0, 0.05) is 15.1 Å². The Bertz CT molecular complexity index is 630. The zero-order valence-electron chi connectivity index (χ0n) is 9.08. The van der Waals surface area contributed by atoms with Crippen molar-refractivity contribution in [3.05, 3.63) is 57.3 Å². The number of amides is 1. The van der Waals surface area contributed by atoms with E-state index in [1.807, 2.05) is 0 Å². The zero-order valence-corrected chi connectivity index (χ0v) is 11.4. The van der Waals surface area contributed by atoms with E-state index in [0.29, 0.717) is 26.2 Å². The van der Waals surface area contributed by atoms with Crippen molar-refractivity contribution in [2.24, 2.45) is 5.73 Å². The second-order valence-corrected chi connectivity index (χ2v) is 4.97. The predicted octanol–water partition coefficient (Wildman–Crippen LogP) is 4.01. The lowest BCUT2D eigenvalue weighted by atomic mass is 10.0. The van der Waals surface area contributed by atoms with Crippen molar-refractivity contribution >= 4 is 33.4 Å². The molecule has 2 rings (SSSR count). The standard InChI is InChI=1S/C13H8BrClFNO/c14-11-4-1-7(5-10(11)13(17)18)9-3-2-8(15)6-12(9)16/h1-6H,(H2,17,18). The summed E-state index contributed by atoms with van der Waals surface area (Å²) < 4.78 is 14.3. The number of hydrogen-bond donors (Lipinski definition) is 1. The molecule has 18 heavy (non-hydrogen) atoms. The third-order valence-electron chi connectivity index (χ3n) is 2.47. The summed E-state index contributed by atoms with van der Waals surface area (Å²) in [6, 6.07) is 9.27.